The summed E-state index contributed by atoms with van der Waals surface area (Å²) in [6.07, 6.45) is -0.107. The summed E-state index contributed by atoms with van der Waals surface area (Å²) in [5, 5.41) is 21.5. The molecule has 0 spiro atoms. The fraction of sp³-hybridized carbons (Fsp3) is 0.625. The molecule has 2 atom stereocenters. The van der Waals surface area contributed by atoms with Crippen molar-refractivity contribution in [1.29, 1.82) is 0 Å². The molecule has 6 N–H and O–H groups in total. The molecule has 16 heavy (non-hydrogen) atoms. The summed E-state index contributed by atoms with van der Waals surface area (Å²) in [6.45, 7) is 0.993. The van der Waals surface area contributed by atoms with E-state index in [2.05, 4.69) is 10.6 Å². The minimum Gasteiger partial charge on any atom is -0.480 e. The van der Waals surface area contributed by atoms with Crippen molar-refractivity contribution in [2.75, 3.05) is 6.61 Å². The van der Waals surface area contributed by atoms with Gasteiger partial charge in [0, 0.05) is 13.0 Å². The number of carboxylic acid groups (broad SMARTS) is 1. The fourth-order valence-corrected chi connectivity index (χ4v) is 0.962. The average molecular weight is 233 g/mol. The molecule has 0 bridgehead atoms. The van der Waals surface area contributed by atoms with Gasteiger partial charge in [0.2, 0.25) is 5.91 Å². The van der Waals surface area contributed by atoms with Gasteiger partial charge in [-0.3, -0.25) is 4.79 Å². The van der Waals surface area contributed by atoms with Crippen LogP contribution in [0.4, 0.5) is 4.79 Å². The van der Waals surface area contributed by atoms with Gasteiger partial charge in [0.1, 0.15) is 12.1 Å². The van der Waals surface area contributed by atoms with E-state index in [1.54, 1.807) is 0 Å². The van der Waals surface area contributed by atoms with Gasteiger partial charge >= 0.3 is 12.0 Å². The Morgan fingerprint density at radius 3 is 2.25 bits per heavy atom. The van der Waals surface area contributed by atoms with E-state index in [1.165, 1.54) is 6.92 Å². The number of rotatable bonds is 6. The summed E-state index contributed by atoms with van der Waals surface area (Å²) in [7, 11) is 0. The highest BCUT2D eigenvalue weighted by Crippen LogP contribution is 1.93. The van der Waals surface area contributed by atoms with E-state index in [4.69, 9.17) is 15.9 Å². The highest BCUT2D eigenvalue weighted by atomic mass is 16.4. The van der Waals surface area contributed by atoms with Crippen LogP contribution in [0.5, 0.6) is 0 Å². The van der Waals surface area contributed by atoms with E-state index in [-0.39, 0.29) is 13.0 Å². The van der Waals surface area contributed by atoms with Crippen LogP contribution in [0.2, 0.25) is 0 Å². The summed E-state index contributed by atoms with van der Waals surface area (Å²) < 4.78 is 0. The Kier molecular flexibility index (Phi) is 5.86. The number of nitrogens with one attached hydrogen (secondary N) is 2. The van der Waals surface area contributed by atoms with Gasteiger partial charge in [0.05, 0.1) is 0 Å². The lowest BCUT2D eigenvalue weighted by Gasteiger charge is -2.17. The van der Waals surface area contributed by atoms with E-state index in [0.717, 1.165) is 0 Å². The summed E-state index contributed by atoms with van der Waals surface area (Å²) in [5.41, 5.74) is 4.79. The Hall–Kier alpha value is -1.83. The number of hydrogen-bond donors (Lipinski definition) is 5. The molecule has 0 rings (SSSR count). The largest absolute Gasteiger partial charge is 0.480 e. The molecule has 0 radical (unpaired) electrons. The molecular weight excluding hydrogens is 218 g/mol. The molecule has 3 amide bonds. The molecule has 8 nitrogen and oxygen atoms in total. The molecule has 0 aliphatic heterocycles. The Morgan fingerprint density at radius 1 is 1.31 bits per heavy atom. The lowest BCUT2D eigenvalue weighted by molar-refractivity contribution is -0.142. The predicted octanol–water partition coefficient (Wildman–Crippen LogP) is -2.00. The molecule has 92 valence electrons. The topological polar surface area (TPSA) is 142 Å². The Bertz CT molecular complexity index is 281. The third-order valence-electron chi connectivity index (χ3n) is 1.78. The van der Waals surface area contributed by atoms with Crippen LogP contribution >= 0.6 is 0 Å². The van der Waals surface area contributed by atoms with Crippen molar-refractivity contribution in [3.63, 3.8) is 0 Å². The highest BCUT2D eigenvalue weighted by Gasteiger charge is 2.22. The first kappa shape index (κ1) is 14.2. The molecule has 0 aromatic heterocycles. The molecule has 0 fully saturated rings. The van der Waals surface area contributed by atoms with Gasteiger partial charge in [-0.1, -0.05) is 0 Å². The second kappa shape index (κ2) is 6.62. The van der Waals surface area contributed by atoms with Gasteiger partial charge < -0.3 is 26.6 Å². The number of carbonyl (C=O) groups excluding carboxylic acids is 2. The van der Waals surface area contributed by atoms with Crippen LogP contribution in [-0.2, 0) is 9.59 Å². The maximum atomic E-state index is 11.3. The normalized spacial score (nSPS) is 13.6. The van der Waals surface area contributed by atoms with Gasteiger partial charge in [-0.2, -0.15) is 0 Å². The zero-order chi connectivity index (χ0) is 12.7. The molecule has 0 aliphatic rings. The molecule has 1 unspecified atom stereocenters. The average Bonchev–Trinajstić information content (AvgIpc) is 2.15. The molecule has 0 heterocycles. The lowest BCUT2D eigenvalue weighted by atomic mass is 10.2. The number of aliphatic hydroxyl groups is 1. The number of amides is 3. The van der Waals surface area contributed by atoms with Gasteiger partial charge in [-0.05, 0) is 6.92 Å². The number of aliphatic hydroxyl groups excluding tert-OH is 1. The predicted molar refractivity (Wildman–Crippen MR) is 53.5 cm³/mol. The van der Waals surface area contributed by atoms with Crippen molar-refractivity contribution in [2.24, 2.45) is 5.73 Å². The minimum atomic E-state index is -1.26. The number of aliphatic carboxylic acids is 1. The number of primary amides is 1. The van der Waals surface area contributed by atoms with Crippen LogP contribution in [0.1, 0.15) is 13.3 Å². The molecular formula is C8H15N3O5. The van der Waals surface area contributed by atoms with E-state index in [0.29, 0.717) is 0 Å². The number of carboxylic acids is 1. The Labute approximate surface area is 91.8 Å². The SMILES string of the molecule is CC(NC(N)=O)C(=O)N[C@H](CCO)C(=O)O. The van der Waals surface area contributed by atoms with E-state index < -0.39 is 30.0 Å². The van der Waals surface area contributed by atoms with E-state index >= 15 is 0 Å². The third kappa shape index (κ3) is 5.15. The van der Waals surface area contributed by atoms with Crippen LogP contribution in [0, 0.1) is 0 Å². The first-order valence-electron chi connectivity index (χ1n) is 4.58. The first-order valence-corrected chi connectivity index (χ1v) is 4.58. The van der Waals surface area contributed by atoms with Gasteiger partial charge in [0.15, 0.2) is 0 Å². The molecule has 0 saturated carbocycles. The molecule has 8 heteroatoms. The van der Waals surface area contributed by atoms with E-state index in [9.17, 15) is 14.4 Å². The maximum Gasteiger partial charge on any atom is 0.326 e. The van der Waals surface area contributed by atoms with Gasteiger partial charge in [-0.25, -0.2) is 9.59 Å². The second-order valence-electron chi connectivity index (χ2n) is 3.14. The number of nitrogens with two attached hydrogens (primary N) is 1. The first-order chi connectivity index (χ1) is 7.38. The number of carbonyl (C=O) groups is 3. The summed E-state index contributed by atoms with van der Waals surface area (Å²) in [5.74, 6) is -1.94. The summed E-state index contributed by atoms with van der Waals surface area (Å²) >= 11 is 0. The zero-order valence-corrected chi connectivity index (χ0v) is 8.77. The maximum absolute atomic E-state index is 11.3. The molecule has 0 aliphatic carbocycles. The summed E-state index contributed by atoms with van der Waals surface area (Å²) in [4.78, 5) is 32.4. The van der Waals surface area contributed by atoms with Crippen LogP contribution in [-0.4, -0.2) is 46.8 Å². The monoisotopic (exact) mass is 233 g/mol. The molecule has 0 saturated heterocycles. The van der Waals surface area contributed by atoms with Gasteiger partial charge in [0.25, 0.3) is 0 Å². The quantitative estimate of drug-likeness (QED) is 0.360. The Morgan fingerprint density at radius 2 is 1.88 bits per heavy atom. The standard InChI is InChI=1S/C8H15N3O5/c1-4(10-8(9)16)6(13)11-5(2-3-12)7(14)15/h4-5,12H,2-3H2,1H3,(H,11,13)(H,14,15)(H3,9,10,16)/t4?,5-/m1/s1. The van der Waals surface area contributed by atoms with Crippen LogP contribution in [0.25, 0.3) is 0 Å². The van der Waals surface area contributed by atoms with Crippen molar-refractivity contribution >= 4 is 17.9 Å². The number of hydrogen-bond acceptors (Lipinski definition) is 4. The van der Waals surface area contributed by atoms with Gasteiger partial charge in [-0.15, -0.1) is 0 Å². The Balaban J connectivity index is 4.28. The van der Waals surface area contributed by atoms with E-state index in [1.807, 2.05) is 0 Å². The van der Waals surface area contributed by atoms with Crippen molar-refractivity contribution in [3.05, 3.63) is 0 Å². The van der Waals surface area contributed by atoms with Crippen LogP contribution in [0.3, 0.4) is 0 Å². The third-order valence-corrected chi connectivity index (χ3v) is 1.78. The summed E-state index contributed by atoms with van der Waals surface area (Å²) in [6, 6.07) is -3.00. The zero-order valence-electron chi connectivity index (χ0n) is 8.77. The molecule has 0 aromatic rings. The minimum absolute atomic E-state index is 0.107. The van der Waals surface area contributed by atoms with Crippen LogP contribution < -0.4 is 16.4 Å². The molecule has 0 aromatic carbocycles. The smallest absolute Gasteiger partial charge is 0.326 e. The number of urea groups is 1. The van der Waals surface area contributed by atoms with Crippen LogP contribution in [0.15, 0.2) is 0 Å². The fourth-order valence-electron chi connectivity index (χ4n) is 0.962. The van der Waals surface area contributed by atoms with Crippen molar-refractivity contribution in [3.8, 4) is 0 Å². The van der Waals surface area contributed by atoms with Crippen molar-refractivity contribution in [2.45, 2.75) is 25.4 Å². The highest BCUT2D eigenvalue weighted by molar-refractivity contribution is 5.89. The second-order valence-corrected chi connectivity index (χ2v) is 3.14. The van der Waals surface area contributed by atoms with Crippen molar-refractivity contribution in [1.82, 2.24) is 10.6 Å². The lowest BCUT2D eigenvalue weighted by Crippen LogP contribution is -2.51. The van der Waals surface area contributed by atoms with Crippen molar-refractivity contribution < 1.29 is 24.6 Å².